The number of aryl methyl sites for hydroxylation is 1. The SMILES string of the molecule is Cc1nnc(SCc2ccccc2)n1/N=C/c1ccccc1Br. The van der Waals surface area contributed by atoms with Crippen LogP contribution in [0.25, 0.3) is 0 Å². The van der Waals surface area contributed by atoms with Gasteiger partial charge in [0, 0.05) is 15.8 Å². The Morgan fingerprint density at radius 2 is 1.83 bits per heavy atom. The summed E-state index contributed by atoms with van der Waals surface area (Å²) in [5.74, 6) is 1.60. The molecule has 0 unspecified atom stereocenters. The van der Waals surface area contributed by atoms with Gasteiger partial charge in [-0.3, -0.25) is 0 Å². The maximum absolute atomic E-state index is 4.52. The standard InChI is InChI=1S/C17H15BrN4S/c1-13-20-21-17(23-12-14-7-3-2-4-8-14)22(13)19-11-15-9-5-6-10-16(15)18/h2-11H,12H2,1H3/b19-11+. The molecule has 3 rings (SSSR count). The number of benzene rings is 2. The molecule has 0 radical (unpaired) electrons. The van der Waals surface area contributed by atoms with Gasteiger partial charge in [-0.1, -0.05) is 76.2 Å². The summed E-state index contributed by atoms with van der Waals surface area (Å²) in [7, 11) is 0. The Kier molecular flexibility index (Phi) is 5.25. The van der Waals surface area contributed by atoms with Crippen LogP contribution in [0.1, 0.15) is 17.0 Å². The zero-order chi connectivity index (χ0) is 16.1. The molecule has 1 aromatic heterocycles. The summed E-state index contributed by atoms with van der Waals surface area (Å²) in [6.45, 7) is 1.90. The molecule has 1 heterocycles. The maximum atomic E-state index is 4.52. The second kappa shape index (κ2) is 7.57. The van der Waals surface area contributed by atoms with Gasteiger partial charge in [-0.15, -0.1) is 10.2 Å². The lowest BCUT2D eigenvalue weighted by Crippen LogP contribution is -1.96. The van der Waals surface area contributed by atoms with Gasteiger partial charge in [0.15, 0.2) is 5.82 Å². The molecule has 0 saturated heterocycles. The number of aromatic nitrogens is 3. The van der Waals surface area contributed by atoms with E-state index in [-0.39, 0.29) is 0 Å². The Hall–Kier alpha value is -1.92. The Labute approximate surface area is 147 Å². The lowest BCUT2D eigenvalue weighted by molar-refractivity contribution is 0.744. The maximum Gasteiger partial charge on any atom is 0.212 e. The first-order valence-electron chi connectivity index (χ1n) is 7.11. The highest BCUT2D eigenvalue weighted by atomic mass is 79.9. The molecular weight excluding hydrogens is 372 g/mol. The van der Waals surface area contributed by atoms with Crippen molar-refractivity contribution in [3.8, 4) is 0 Å². The zero-order valence-corrected chi connectivity index (χ0v) is 15.0. The first-order valence-corrected chi connectivity index (χ1v) is 8.89. The highest BCUT2D eigenvalue weighted by Gasteiger charge is 2.08. The van der Waals surface area contributed by atoms with E-state index in [0.29, 0.717) is 0 Å². The molecule has 0 N–H and O–H groups in total. The third-order valence-corrected chi connectivity index (χ3v) is 4.91. The molecule has 4 nitrogen and oxygen atoms in total. The van der Waals surface area contributed by atoms with Crippen molar-refractivity contribution in [3.63, 3.8) is 0 Å². The van der Waals surface area contributed by atoms with Crippen molar-refractivity contribution in [2.75, 3.05) is 0 Å². The van der Waals surface area contributed by atoms with E-state index in [0.717, 1.165) is 26.8 Å². The molecule has 0 saturated carbocycles. The van der Waals surface area contributed by atoms with Crippen molar-refractivity contribution >= 4 is 33.9 Å². The number of rotatable bonds is 5. The van der Waals surface area contributed by atoms with E-state index in [9.17, 15) is 0 Å². The third kappa shape index (κ3) is 4.09. The Bertz CT molecular complexity index is 814. The zero-order valence-electron chi connectivity index (χ0n) is 12.6. The fourth-order valence-corrected chi connectivity index (χ4v) is 3.26. The van der Waals surface area contributed by atoms with Crippen molar-refractivity contribution in [1.82, 2.24) is 14.9 Å². The van der Waals surface area contributed by atoms with Crippen LogP contribution in [0, 0.1) is 6.92 Å². The van der Waals surface area contributed by atoms with E-state index in [2.05, 4.69) is 43.4 Å². The van der Waals surface area contributed by atoms with Crippen LogP contribution in [-0.2, 0) is 5.75 Å². The smallest absolute Gasteiger partial charge is 0.192 e. The number of nitrogens with zero attached hydrogens (tertiary/aromatic N) is 4. The Morgan fingerprint density at radius 3 is 2.61 bits per heavy atom. The molecule has 2 aromatic carbocycles. The molecule has 0 aliphatic rings. The van der Waals surface area contributed by atoms with Crippen molar-refractivity contribution < 1.29 is 0 Å². The van der Waals surface area contributed by atoms with Gasteiger partial charge in [0.2, 0.25) is 5.16 Å². The summed E-state index contributed by atoms with van der Waals surface area (Å²) < 4.78 is 2.78. The van der Waals surface area contributed by atoms with Crippen LogP contribution in [0.5, 0.6) is 0 Å². The molecule has 23 heavy (non-hydrogen) atoms. The fraction of sp³-hybridized carbons (Fsp3) is 0.118. The number of hydrogen-bond acceptors (Lipinski definition) is 4. The van der Waals surface area contributed by atoms with E-state index >= 15 is 0 Å². The largest absolute Gasteiger partial charge is 0.212 e. The lowest BCUT2D eigenvalue weighted by Gasteiger charge is -2.03. The molecule has 0 atom stereocenters. The molecule has 0 bridgehead atoms. The van der Waals surface area contributed by atoms with E-state index in [1.54, 1.807) is 16.4 Å². The van der Waals surface area contributed by atoms with Gasteiger partial charge in [0.25, 0.3) is 0 Å². The van der Waals surface area contributed by atoms with E-state index < -0.39 is 0 Å². The van der Waals surface area contributed by atoms with Crippen LogP contribution < -0.4 is 0 Å². The van der Waals surface area contributed by atoms with Crippen molar-refractivity contribution in [1.29, 1.82) is 0 Å². The first kappa shape index (κ1) is 16.0. The van der Waals surface area contributed by atoms with Gasteiger partial charge >= 0.3 is 0 Å². The third-order valence-electron chi connectivity index (χ3n) is 3.20. The summed E-state index contributed by atoms with van der Waals surface area (Å²) in [6.07, 6.45) is 1.81. The molecule has 0 spiro atoms. The van der Waals surface area contributed by atoms with Crippen LogP contribution in [0.3, 0.4) is 0 Å². The second-order valence-electron chi connectivity index (χ2n) is 4.88. The molecule has 0 amide bonds. The van der Waals surface area contributed by atoms with Gasteiger partial charge in [-0.2, -0.15) is 9.78 Å². The monoisotopic (exact) mass is 386 g/mol. The molecule has 0 fully saturated rings. The van der Waals surface area contributed by atoms with Crippen LogP contribution in [-0.4, -0.2) is 21.1 Å². The van der Waals surface area contributed by atoms with E-state index in [1.165, 1.54) is 5.56 Å². The highest BCUT2D eigenvalue weighted by Crippen LogP contribution is 2.22. The Morgan fingerprint density at radius 1 is 1.09 bits per heavy atom. The van der Waals surface area contributed by atoms with Gasteiger partial charge < -0.3 is 0 Å². The van der Waals surface area contributed by atoms with Crippen molar-refractivity contribution in [2.45, 2.75) is 17.8 Å². The summed E-state index contributed by atoms with van der Waals surface area (Å²) in [6, 6.07) is 18.3. The molecule has 6 heteroatoms. The molecule has 3 aromatic rings. The molecule has 116 valence electrons. The van der Waals surface area contributed by atoms with Crippen LogP contribution in [0.2, 0.25) is 0 Å². The number of hydrogen-bond donors (Lipinski definition) is 0. The van der Waals surface area contributed by atoms with Crippen LogP contribution in [0.4, 0.5) is 0 Å². The summed E-state index contributed by atoms with van der Waals surface area (Å²) in [5.41, 5.74) is 2.26. The van der Waals surface area contributed by atoms with Gasteiger partial charge in [-0.25, -0.2) is 0 Å². The molecule has 0 aliphatic carbocycles. The Balaban J connectivity index is 1.78. The molecular formula is C17H15BrN4S. The minimum Gasteiger partial charge on any atom is -0.192 e. The highest BCUT2D eigenvalue weighted by molar-refractivity contribution is 9.10. The van der Waals surface area contributed by atoms with E-state index in [4.69, 9.17) is 0 Å². The summed E-state index contributed by atoms with van der Waals surface area (Å²) in [5, 5.41) is 13.7. The predicted molar refractivity (Wildman–Crippen MR) is 97.9 cm³/mol. The first-order chi connectivity index (χ1) is 11.2. The predicted octanol–water partition coefficient (Wildman–Crippen LogP) is 4.52. The number of halogens is 1. The summed E-state index contributed by atoms with van der Waals surface area (Å²) >= 11 is 5.15. The average molecular weight is 387 g/mol. The minimum atomic E-state index is 0.767. The second-order valence-corrected chi connectivity index (χ2v) is 6.68. The lowest BCUT2D eigenvalue weighted by atomic mass is 10.2. The van der Waals surface area contributed by atoms with Crippen LogP contribution >= 0.6 is 27.7 Å². The van der Waals surface area contributed by atoms with E-state index in [1.807, 2.05) is 55.6 Å². The van der Waals surface area contributed by atoms with Crippen LogP contribution in [0.15, 0.2) is 69.3 Å². The quantitative estimate of drug-likeness (QED) is 0.478. The summed E-state index contributed by atoms with van der Waals surface area (Å²) in [4.78, 5) is 0. The average Bonchev–Trinajstić information content (AvgIpc) is 2.93. The van der Waals surface area contributed by atoms with Gasteiger partial charge in [0.05, 0.1) is 6.21 Å². The van der Waals surface area contributed by atoms with Crippen molar-refractivity contribution in [3.05, 3.63) is 76.0 Å². The van der Waals surface area contributed by atoms with Gasteiger partial charge in [-0.05, 0) is 18.6 Å². The number of thioether (sulfide) groups is 1. The molecule has 0 aliphatic heterocycles. The van der Waals surface area contributed by atoms with Gasteiger partial charge in [0.1, 0.15) is 0 Å². The van der Waals surface area contributed by atoms with Crippen molar-refractivity contribution in [2.24, 2.45) is 5.10 Å². The normalized spacial score (nSPS) is 11.2. The fourth-order valence-electron chi connectivity index (χ4n) is 1.98. The minimum absolute atomic E-state index is 0.767. The topological polar surface area (TPSA) is 43.1 Å².